The van der Waals surface area contributed by atoms with Gasteiger partial charge in [-0.05, 0) is 55.2 Å². The second-order valence-corrected chi connectivity index (χ2v) is 12.2. The predicted octanol–water partition coefficient (Wildman–Crippen LogP) is 1.22. The van der Waals surface area contributed by atoms with E-state index >= 15 is 0 Å². The molecule has 1 aliphatic carbocycles. The highest BCUT2D eigenvalue weighted by Crippen LogP contribution is 2.29. The summed E-state index contributed by atoms with van der Waals surface area (Å²) >= 11 is 0. The summed E-state index contributed by atoms with van der Waals surface area (Å²) in [5.41, 5.74) is 1.97. The first kappa shape index (κ1) is 25.8. The summed E-state index contributed by atoms with van der Waals surface area (Å²) < 4.78 is 35.9. The number of nitrogens with zero attached hydrogens (tertiary/aromatic N) is 6. The SMILES string of the molecule is Cn1c(=O)c(=O)n(C2CCN(c3ncc(S(=O)(=O)NCC4CC4)cn3)CC2)c2ncc(C3=CCOCC3)cc21. The molecule has 3 aliphatic rings. The summed E-state index contributed by atoms with van der Waals surface area (Å²) in [6.45, 7) is 2.72. The van der Waals surface area contributed by atoms with E-state index in [0.29, 0.717) is 68.7 Å². The lowest BCUT2D eigenvalue weighted by molar-refractivity contribution is 0.161. The second kappa shape index (κ2) is 10.3. The van der Waals surface area contributed by atoms with Crippen LogP contribution in [0.2, 0.25) is 0 Å². The number of aryl methyl sites for hydroxylation is 1. The van der Waals surface area contributed by atoms with Crippen LogP contribution in [0.3, 0.4) is 0 Å². The minimum Gasteiger partial charge on any atom is -0.377 e. The standard InChI is InChI=1S/C26H31N7O5S/c1-31-22-12-19(18-6-10-38-11-7-18)14-27-23(22)33(25(35)24(31)34)20-4-8-32(9-5-20)26-28-15-21(16-29-26)39(36,37)30-13-17-2-3-17/h6,12,14-17,20,30H,2-5,7-11,13H2,1H3. The highest BCUT2D eigenvalue weighted by atomic mass is 32.2. The highest BCUT2D eigenvalue weighted by Gasteiger charge is 2.28. The maximum Gasteiger partial charge on any atom is 0.318 e. The largest absolute Gasteiger partial charge is 0.377 e. The fourth-order valence-corrected chi connectivity index (χ4v) is 6.21. The molecular weight excluding hydrogens is 522 g/mol. The van der Waals surface area contributed by atoms with E-state index in [1.54, 1.807) is 17.8 Å². The Kier molecular flexibility index (Phi) is 6.81. The first-order valence-electron chi connectivity index (χ1n) is 13.3. The molecule has 1 saturated heterocycles. The molecule has 1 saturated carbocycles. The summed E-state index contributed by atoms with van der Waals surface area (Å²) in [7, 11) is -2.03. The molecule has 3 aromatic rings. The average molecular weight is 554 g/mol. The Morgan fingerprint density at radius 1 is 1.03 bits per heavy atom. The summed E-state index contributed by atoms with van der Waals surface area (Å²) in [5.74, 6) is 0.862. The van der Waals surface area contributed by atoms with Crippen LogP contribution in [0.1, 0.15) is 43.7 Å². The maximum absolute atomic E-state index is 13.1. The molecule has 6 rings (SSSR count). The normalized spacial score (nSPS) is 18.9. The number of hydrogen-bond acceptors (Lipinski definition) is 9. The molecule has 39 heavy (non-hydrogen) atoms. The first-order chi connectivity index (χ1) is 18.8. The third-order valence-electron chi connectivity index (χ3n) is 7.77. The summed E-state index contributed by atoms with van der Waals surface area (Å²) in [5, 5.41) is 0. The van der Waals surface area contributed by atoms with Crippen LogP contribution in [0.15, 0.2) is 45.2 Å². The predicted molar refractivity (Wildman–Crippen MR) is 145 cm³/mol. The topological polar surface area (TPSA) is 141 Å². The van der Waals surface area contributed by atoms with E-state index < -0.39 is 21.1 Å². The second-order valence-electron chi connectivity index (χ2n) is 10.4. The lowest BCUT2D eigenvalue weighted by Gasteiger charge is -2.33. The monoisotopic (exact) mass is 553 g/mol. The number of sulfonamides is 1. The third-order valence-corrected chi connectivity index (χ3v) is 9.15. The van der Waals surface area contributed by atoms with Gasteiger partial charge in [-0.3, -0.25) is 14.2 Å². The lowest BCUT2D eigenvalue weighted by atomic mass is 10.0. The van der Waals surface area contributed by atoms with Crippen molar-refractivity contribution in [2.24, 2.45) is 13.0 Å². The smallest absolute Gasteiger partial charge is 0.318 e. The van der Waals surface area contributed by atoms with E-state index in [-0.39, 0.29) is 10.9 Å². The van der Waals surface area contributed by atoms with Gasteiger partial charge in [0.2, 0.25) is 16.0 Å². The quantitative estimate of drug-likeness (QED) is 0.428. The molecule has 0 spiro atoms. The first-order valence-corrected chi connectivity index (χ1v) is 14.8. The van der Waals surface area contributed by atoms with Crippen LogP contribution in [-0.4, -0.2) is 65.4 Å². The van der Waals surface area contributed by atoms with E-state index in [1.165, 1.54) is 17.0 Å². The molecule has 12 nitrogen and oxygen atoms in total. The van der Waals surface area contributed by atoms with E-state index in [2.05, 4.69) is 19.7 Å². The summed E-state index contributed by atoms with van der Waals surface area (Å²) in [4.78, 5) is 41.3. The Bertz CT molecular complexity index is 1650. The van der Waals surface area contributed by atoms with Gasteiger partial charge in [0.05, 0.1) is 31.1 Å². The van der Waals surface area contributed by atoms with Crippen molar-refractivity contribution in [1.29, 1.82) is 0 Å². The molecular formula is C26H31N7O5S. The van der Waals surface area contributed by atoms with Crippen molar-refractivity contribution < 1.29 is 13.2 Å². The minimum absolute atomic E-state index is 0.0434. The van der Waals surface area contributed by atoms with E-state index in [0.717, 1.165) is 30.4 Å². The molecule has 0 unspecified atom stereocenters. The molecule has 0 atom stereocenters. The molecule has 0 amide bonds. The number of nitrogens with one attached hydrogen (secondary N) is 1. The number of aromatic nitrogens is 5. The zero-order valence-corrected chi connectivity index (χ0v) is 22.6. The number of fused-ring (bicyclic) bond motifs is 1. The van der Waals surface area contributed by atoms with Crippen molar-refractivity contribution >= 4 is 32.7 Å². The fourth-order valence-electron chi connectivity index (χ4n) is 5.20. The Labute approximate surface area is 225 Å². The van der Waals surface area contributed by atoms with Crippen molar-refractivity contribution in [3.05, 3.63) is 57.0 Å². The molecule has 5 heterocycles. The Hall–Kier alpha value is -3.42. The number of pyridine rings is 1. The highest BCUT2D eigenvalue weighted by molar-refractivity contribution is 7.89. The zero-order chi connectivity index (χ0) is 27.1. The van der Waals surface area contributed by atoms with Gasteiger partial charge in [0.1, 0.15) is 4.90 Å². The zero-order valence-electron chi connectivity index (χ0n) is 21.7. The van der Waals surface area contributed by atoms with Gasteiger partial charge in [0, 0.05) is 38.9 Å². The lowest BCUT2D eigenvalue weighted by Crippen LogP contribution is -2.45. The Morgan fingerprint density at radius 2 is 1.77 bits per heavy atom. The number of ether oxygens (including phenoxy) is 1. The van der Waals surface area contributed by atoms with Gasteiger partial charge < -0.3 is 14.2 Å². The van der Waals surface area contributed by atoms with Gasteiger partial charge >= 0.3 is 11.1 Å². The molecule has 0 radical (unpaired) electrons. The van der Waals surface area contributed by atoms with Crippen molar-refractivity contribution in [2.75, 3.05) is 37.7 Å². The molecule has 0 bridgehead atoms. The van der Waals surface area contributed by atoms with Gasteiger partial charge in [0.25, 0.3) is 0 Å². The van der Waals surface area contributed by atoms with E-state index in [9.17, 15) is 18.0 Å². The summed E-state index contributed by atoms with van der Waals surface area (Å²) in [6, 6.07) is 1.71. The van der Waals surface area contributed by atoms with Gasteiger partial charge in [-0.15, -0.1) is 0 Å². The van der Waals surface area contributed by atoms with Crippen molar-refractivity contribution in [1.82, 2.24) is 28.8 Å². The average Bonchev–Trinajstić information content (AvgIpc) is 3.81. The Morgan fingerprint density at radius 3 is 2.44 bits per heavy atom. The molecule has 206 valence electrons. The fraction of sp³-hybridized carbons (Fsp3) is 0.500. The van der Waals surface area contributed by atoms with Crippen LogP contribution >= 0.6 is 0 Å². The van der Waals surface area contributed by atoms with Crippen LogP contribution in [0.5, 0.6) is 0 Å². The molecule has 13 heteroatoms. The molecule has 1 N–H and O–H groups in total. The van der Waals surface area contributed by atoms with Crippen molar-refractivity contribution in [3.8, 4) is 0 Å². The van der Waals surface area contributed by atoms with Gasteiger partial charge in [0.15, 0.2) is 5.65 Å². The molecule has 0 aromatic carbocycles. The van der Waals surface area contributed by atoms with E-state index in [4.69, 9.17) is 4.74 Å². The number of piperidine rings is 1. The number of anilines is 1. The Balaban J connectivity index is 1.21. The number of hydrogen-bond donors (Lipinski definition) is 1. The van der Waals surface area contributed by atoms with Gasteiger partial charge in [-0.1, -0.05) is 6.08 Å². The third kappa shape index (κ3) is 5.13. The van der Waals surface area contributed by atoms with Crippen LogP contribution in [0, 0.1) is 5.92 Å². The van der Waals surface area contributed by atoms with Crippen molar-refractivity contribution in [3.63, 3.8) is 0 Å². The summed E-state index contributed by atoms with van der Waals surface area (Å²) in [6.07, 6.45) is 10.5. The van der Waals surface area contributed by atoms with E-state index in [1.807, 2.05) is 17.0 Å². The molecule has 3 aromatic heterocycles. The van der Waals surface area contributed by atoms with Crippen LogP contribution in [0.25, 0.3) is 16.7 Å². The minimum atomic E-state index is -3.63. The van der Waals surface area contributed by atoms with Crippen LogP contribution in [0.4, 0.5) is 5.95 Å². The number of rotatable bonds is 7. The van der Waals surface area contributed by atoms with Gasteiger partial charge in [-0.25, -0.2) is 28.1 Å². The van der Waals surface area contributed by atoms with Crippen molar-refractivity contribution in [2.45, 2.75) is 43.0 Å². The van der Waals surface area contributed by atoms with Crippen LogP contribution < -0.4 is 20.7 Å². The van der Waals surface area contributed by atoms with Gasteiger partial charge in [-0.2, -0.15) is 0 Å². The van der Waals surface area contributed by atoms with Crippen LogP contribution in [-0.2, 0) is 21.8 Å². The maximum atomic E-state index is 13.1. The molecule has 2 fully saturated rings. The molecule has 2 aliphatic heterocycles.